The minimum absolute atomic E-state index is 0.0331. The van der Waals surface area contributed by atoms with Crippen LogP contribution in [0.2, 0.25) is 0 Å². The van der Waals surface area contributed by atoms with E-state index in [-0.39, 0.29) is 16.8 Å². The molecule has 0 aliphatic rings. The van der Waals surface area contributed by atoms with Gasteiger partial charge in [0.2, 0.25) is 0 Å². The third-order valence-corrected chi connectivity index (χ3v) is 3.38. The maximum absolute atomic E-state index is 13.5. The lowest BCUT2D eigenvalue weighted by Crippen LogP contribution is -2.11. The Morgan fingerprint density at radius 1 is 0.909 bits per heavy atom. The first kappa shape index (κ1) is 14.4. The van der Waals surface area contributed by atoms with Gasteiger partial charge >= 0.3 is 6.18 Å². The third-order valence-electron chi connectivity index (χ3n) is 3.38. The SMILES string of the molecule is COc1c(-c2ccccc2)c(C(F)(F)F)nc2ccccc12. The van der Waals surface area contributed by atoms with Crippen molar-refractivity contribution in [1.29, 1.82) is 0 Å². The third kappa shape index (κ3) is 2.39. The molecule has 0 bridgehead atoms. The molecule has 3 aromatic rings. The highest BCUT2D eigenvalue weighted by atomic mass is 19.4. The predicted octanol–water partition coefficient (Wildman–Crippen LogP) is 4.93. The number of para-hydroxylation sites is 1. The number of ether oxygens (including phenoxy) is 1. The zero-order valence-electron chi connectivity index (χ0n) is 11.7. The fraction of sp³-hybridized carbons (Fsp3) is 0.118. The highest BCUT2D eigenvalue weighted by molar-refractivity contribution is 5.93. The Labute approximate surface area is 125 Å². The fourth-order valence-electron chi connectivity index (χ4n) is 2.47. The molecular weight excluding hydrogens is 291 g/mol. The predicted molar refractivity (Wildman–Crippen MR) is 78.7 cm³/mol. The second-order valence-corrected chi connectivity index (χ2v) is 4.75. The fourth-order valence-corrected chi connectivity index (χ4v) is 2.47. The van der Waals surface area contributed by atoms with Crippen LogP contribution < -0.4 is 4.74 Å². The molecule has 0 atom stereocenters. The highest BCUT2D eigenvalue weighted by Crippen LogP contribution is 2.44. The number of methoxy groups -OCH3 is 1. The number of alkyl halides is 3. The minimum atomic E-state index is -4.57. The van der Waals surface area contributed by atoms with E-state index in [2.05, 4.69) is 4.98 Å². The molecule has 0 aliphatic carbocycles. The molecule has 2 aromatic carbocycles. The summed E-state index contributed by atoms with van der Waals surface area (Å²) in [6.45, 7) is 0. The summed E-state index contributed by atoms with van der Waals surface area (Å²) in [4.78, 5) is 3.83. The van der Waals surface area contributed by atoms with Gasteiger partial charge in [0.05, 0.1) is 18.2 Å². The number of halogens is 3. The van der Waals surface area contributed by atoms with Crippen molar-refractivity contribution in [2.24, 2.45) is 0 Å². The summed E-state index contributed by atoms with van der Waals surface area (Å²) in [5.41, 5.74) is -0.292. The number of pyridine rings is 1. The molecule has 0 saturated carbocycles. The van der Waals surface area contributed by atoms with Crippen LogP contribution in [-0.4, -0.2) is 12.1 Å². The van der Waals surface area contributed by atoms with Crippen LogP contribution in [0, 0.1) is 0 Å². The van der Waals surface area contributed by atoms with Gasteiger partial charge in [-0.1, -0.05) is 42.5 Å². The number of hydrogen-bond donors (Lipinski definition) is 0. The van der Waals surface area contributed by atoms with Crippen molar-refractivity contribution in [3.8, 4) is 16.9 Å². The molecule has 0 saturated heterocycles. The number of aromatic nitrogens is 1. The molecule has 22 heavy (non-hydrogen) atoms. The molecule has 0 fully saturated rings. The number of nitrogens with zero attached hydrogens (tertiary/aromatic N) is 1. The summed E-state index contributed by atoms with van der Waals surface area (Å²) in [6.07, 6.45) is -4.57. The average molecular weight is 303 g/mol. The Kier molecular flexibility index (Phi) is 3.48. The van der Waals surface area contributed by atoms with Crippen molar-refractivity contribution in [2.45, 2.75) is 6.18 Å². The molecule has 0 amide bonds. The Hall–Kier alpha value is -2.56. The Morgan fingerprint density at radius 2 is 1.55 bits per heavy atom. The number of rotatable bonds is 2. The van der Waals surface area contributed by atoms with Gasteiger partial charge < -0.3 is 4.74 Å². The van der Waals surface area contributed by atoms with Crippen LogP contribution >= 0.6 is 0 Å². The molecule has 0 aliphatic heterocycles. The summed E-state index contributed by atoms with van der Waals surface area (Å²) in [6, 6.07) is 15.0. The van der Waals surface area contributed by atoms with Crippen molar-refractivity contribution in [2.75, 3.05) is 7.11 Å². The smallest absolute Gasteiger partial charge is 0.434 e. The first-order valence-electron chi connectivity index (χ1n) is 6.61. The normalized spacial score (nSPS) is 11.6. The summed E-state index contributed by atoms with van der Waals surface area (Å²) in [7, 11) is 1.37. The molecular formula is C17H12F3NO. The van der Waals surface area contributed by atoms with Crippen LogP contribution in [0.25, 0.3) is 22.0 Å². The topological polar surface area (TPSA) is 22.1 Å². The van der Waals surface area contributed by atoms with E-state index in [1.54, 1.807) is 54.6 Å². The van der Waals surface area contributed by atoms with Gasteiger partial charge in [-0.25, -0.2) is 4.98 Å². The van der Waals surface area contributed by atoms with Crippen molar-refractivity contribution >= 4 is 10.9 Å². The second kappa shape index (κ2) is 5.33. The van der Waals surface area contributed by atoms with E-state index < -0.39 is 11.9 Å². The van der Waals surface area contributed by atoms with Crippen LogP contribution in [0.5, 0.6) is 5.75 Å². The van der Waals surface area contributed by atoms with Gasteiger partial charge in [-0.2, -0.15) is 13.2 Å². The largest absolute Gasteiger partial charge is 0.495 e. The van der Waals surface area contributed by atoms with E-state index >= 15 is 0 Å². The van der Waals surface area contributed by atoms with Crippen LogP contribution in [0.4, 0.5) is 13.2 Å². The van der Waals surface area contributed by atoms with Crippen LogP contribution in [0.3, 0.4) is 0 Å². The van der Waals surface area contributed by atoms with Crippen LogP contribution in [-0.2, 0) is 6.18 Å². The first-order chi connectivity index (χ1) is 10.5. The highest BCUT2D eigenvalue weighted by Gasteiger charge is 2.38. The molecule has 1 heterocycles. The van der Waals surface area contributed by atoms with E-state index in [0.29, 0.717) is 10.9 Å². The van der Waals surface area contributed by atoms with E-state index in [9.17, 15) is 13.2 Å². The summed E-state index contributed by atoms with van der Waals surface area (Å²) in [5.74, 6) is 0.184. The minimum Gasteiger partial charge on any atom is -0.495 e. The van der Waals surface area contributed by atoms with E-state index in [0.717, 1.165) is 0 Å². The van der Waals surface area contributed by atoms with Crippen LogP contribution in [0.1, 0.15) is 5.69 Å². The lowest BCUT2D eigenvalue weighted by molar-refractivity contribution is -0.140. The molecule has 1 aromatic heterocycles. The van der Waals surface area contributed by atoms with Crippen molar-refractivity contribution in [3.63, 3.8) is 0 Å². The molecule has 0 unspecified atom stereocenters. The molecule has 0 spiro atoms. The molecule has 3 rings (SSSR count). The summed E-state index contributed by atoms with van der Waals surface area (Å²) >= 11 is 0. The molecule has 112 valence electrons. The number of fused-ring (bicyclic) bond motifs is 1. The maximum atomic E-state index is 13.5. The summed E-state index contributed by atoms with van der Waals surface area (Å²) in [5, 5.41) is 0.553. The zero-order valence-corrected chi connectivity index (χ0v) is 11.7. The zero-order chi connectivity index (χ0) is 15.7. The summed E-state index contributed by atoms with van der Waals surface area (Å²) < 4.78 is 45.7. The van der Waals surface area contributed by atoms with Gasteiger partial charge in [0.15, 0.2) is 5.69 Å². The quantitative estimate of drug-likeness (QED) is 0.669. The van der Waals surface area contributed by atoms with E-state index in [1.807, 2.05) is 0 Å². The van der Waals surface area contributed by atoms with Gasteiger partial charge in [-0.15, -0.1) is 0 Å². The van der Waals surface area contributed by atoms with Crippen molar-refractivity contribution in [3.05, 3.63) is 60.3 Å². The van der Waals surface area contributed by atoms with E-state index in [1.165, 1.54) is 7.11 Å². The average Bonchev–Trinajstić information content (AvgIpc) is 2.53. The molecule has 2 nitrogen and oxygen atoms in total. The Balaban J connectivity index is 2.46. The van der Waals surface area contributed by atoms with Crippen molar-refractivity contribution in [1.82, 2.24) is 4.98 Å². The maximum Gasteiger partial charge on any atom is 0.434 e. The number of benzene rings is 2. The standard InChI is InChI=1S/C17H12F3NO/c1-22-15-12-9-5-6-10-13(12)21-16(17(18,19)20)14(15)11-7-3-2-4-8-11/h2-10H,1H3. The monoisotopic (exact) mass is 303 g/mol. The van der Waals surface area contributed by atoms with Gasteiger partial charge in [0, 0.05) is 5.39 Å². The van der Waals surface area contributed by atoms with Crippen molar-refractivity contribution < 1.29 is 17.9 Å². The van der Waals surface area contributed by atoms with E-state index in [4.69, 9.17) is 4.74 Å². The molecule has 0 radical (unpaired) electrons. The second-order valence-electron chi connectivity index (χ2n) is 4.75. The lowest BCUT2D eigenvalue weighted by Gasteiger charge is -2.17. The first-order valence-corrected chi connectivity index (χ1v) is 6.61. The Bertz CT molecular complexity index is 813. The molecule has 5 heteroatoms. The molecule has 0 N–H and O–H groups in total. The number of hydrogen-bond acceptors (Lipinski definition) is 2. The Morgan fingerprint density at radius 3 is 2.18 bits per heavy atom. The van der Waals surface area contributed by atoms with Crippen LogP contribution in [0.15, 0.2) is 54.6 Å². The van der Waals surface area contributed by atoms with Gasteiger partial charge in [-0.3, -0.25) is 0 Å². The van der Waals surface area contributed by atoms with Gasteiger partial charge in [0.1, 0.15) is 5.75 Å². The van der Waals surface area contributed by atoms with Gasteiger partial charge in [0.25, 0.3) is 0 Å². The van der Waals surface area contributed by atoms with Gasteiger partial charge in [-0.05, 0) is 17.7 Å². The lowest BCUT2D eigenvalue weighted by atomic mass is 9.99.